The highest BCUT2D eigenvalue weighted by molar-refractivity contribution is 5.87. The molecule has 0 aliphatic rings. The Morgan fingerprint density at radius 3 is 2.78 bits per heavy atom. The summed E-state index contributed by atoms with van der Waals surface area (Å²) in [6.45, 7) is 1.88. The lowest BCUT2D eigenvalue weighted by atomic mass is 10.2. The highest BCUT2D eigenvalue weighted by Gasteiger charge is 2.16. The molecule has 4 aromatic heterocycles. The molecule has 0 bridgehead atoms. The molecule has 4 rings (SSSR count). The third-order valence-electron chi connectivity index (χ3n) is 3.42. The van der Waals surface area contributed by atoms with Gasteiger partial charge in [-0.2, -0.15) is 0 Å². The van der Waals surface area contributed by atoms with Gasteiger partial charge in [0, 0.05) is 6.07 Å². The highest BCUT2D eigenvalue weighted by atomic mass is 16.5. The minimum Gasteiger partial charge on any atom is -0.481 e. The molecule has 4 aromatic rings. The van der Waals surface area contributed by atoms with Gasteiger partial charge in [-0.1, -0.05) is 6.07 Å². The van der Waals surface area contributed by atoms with Crippen LogP contribution in [0.15, 0.2) is 41.1 Å². The summed E-state index contributed by atoms with van der Waals surface area (Å²) in [6.07, 6.45) is 1.58. The molecule has 23 heavy (non-hydrogen) atoms. The summed E-state index contributed by atoms with van der Waals surface area (Å²) in [7, 11) is 1.58. The van der Waals surface area contributed by atoms with Crippen molar-refractivity contribution in [2.24, 2.45) is 0 Å². The van der Waals surface area contributed by atoms with Crippen LogP contribution in [0.3, 0.4) is 0 Å². The molecule has 114 valence electrons. The van der Waals surface area contributed by atoms with Crippen LogP contribution in [0.25, 0.3) is 34.1 Å². The van der Waals surface area contributed by atoms with Crippen LogP contribution in [0.5, 0.6) is 5.88 Å². The first-order chi connectivity index (χ1) is 11.2. The number of nitrogens with zero attached hydrogens (tertiary/aromatic N) is 4. The Bertz CT molecular complexity index is 989. The maximum atomic E-state index is 5.62. The van der Waals surface area contributed by atoms with Gasteiger partial charge in [0.15, 0.2) is 17.2 Å². The zero-order valence-corrected chi connectivity index (χ0v) is 12.6. The number of ether oxygens (including phenoxy) is 1. The summed E-state index contributed by atoms with van der Waals surface area (Å²) >= 11 is 0. The van der Waals surface area contributed by atoms with Crippen LogP contribution in [0, 0.1) is 6.92 Å². The van der Waals surface area contributed by atoms with Gasteiger partial charge in [0.25, 0.3) is 0 Å². The summed E-state index contributed by atoms with van der Waals surface area (Å²) < 4.78 is 10.8. The van der Waals surface area contributed by atoms with E-state index in [9.17, 15) is 0 Å². The molecule has 4 heterocycles. The van der Waals surface area contributed by atoms with Gasteiger partial charge in [-0.25, -0.2) is 19.9 Å². The molecular weight excluding hydrogens is 294 g/mol. The Morgan fingerprint density at radius 1 is 1.09 bits per heavy atom. The summed E-state index contributed by atoms with van der Waals surface area (Å²) in [5, 5.41) is 0. The number of hydrogen-bond donors (Lipinski definition) is 1. The Kier molecular flexibility index (Phi) is 3.04. The molecule has 0 atom stereocenters. The molecule has 7 nitrogen and oxygen atoms in total. The minimum atomic E-state index is 0.470. The van der Waals surface area contributed by atoms with E-state index in [1.807, 2.05) is 31.2 Å². The Hall–Kier alpha value is -3.22. The van der Waals surface area contributed by atoms with E-state index < -0.39 is 0 Å². The fraction of sp³-hybridized carbons (Fsp3) is 0.125. The number of pyridine rings is 1. The highest BCUT2D eigenvalue weighted by Crippen LogP contribution is 2.27. The van der Waals surface area contributed by atoms with Crippen molar-refractivity contribution < 1.29 is 9.15 Å². The predicted octanol–water partition coefficient (Wildman–Crippen LogP) is 2.99. The van der Waals surface area contributed by atoms with E-state index in [0.29, 0.717) is 34.5 Å². The monoisotopic (exact) mass is 307 g/mol. The lowest BCUT2D eigenvalue weighted by molar-refractivity contribution is 0.398. The molecule has 0 aliphatic carbocycles. The second-order valence-corrected chi connectivity index (χ2v) is 4.97. The second-order valence-electron chi connectivity index (χ2n) is 4.97. The summed E-state index contributed by atoms with van der Waals surface area (Å²) in [5.74, 6) is 2.38. The summed E-state index contributed by atoms with van der Waals surface area (Å²) in [6, 6.07) is 9.22. The SMILES string of the molecule is COc1cccc(-c2nc(-c3ccc(C)o3)nc3nc[nH]c23)n1. The predicted molar refractivity (Wildman–Crippen MR) is 83.9 cm³/mol. The minimum absolute atomic E-state index is 0.470. The number of aromatic nitrogens is 5. The van der Waals surface area contributed by atoms with Gasteiger partial charge in [0.1, 0.15) is 17.0 Å². The number of hydrogen-bond acceptors (Lipinski definition) is 6. The van der Waals surface area contributed by atoms with Gasteiger partial charge in [-0.15, -0.1) is 0 Å². The fourth-order valence-electron chi connectivity index (χ4n) is 2.34. The van der Waals surface area contributed by atoms with E-state index >= 15 is 0 Å². The average Bonchev–Trinajstić information content (AvgIpc) is 3.22. The zero-order chi connectivity index (χ0) is 15.8. The van der Waals surface area contributed by atoms with Crippen molar-refractivity contribution in [1.29, 1.82) is 0 Å². The smallest absolute Gasteiger partial charge is 0.213 e. The Labute approximate surface area is 131 Å². The number of nitrogens with one attached hydrogen (secondary N) is 1. The topological polar surface area (TPSA) is 89.7 Å². The van der Waals surface area contributed by atoms with Crippen LogP contribution in [0.1, 0.15) is 5.76 Å². The molecule has 0 amide bonds. The average molecular weight is 307 g/mol. The van der Waals surface area contributed by atoms with E-state index in [-0.39, 0.29) is 0 Å². The van der Waals surface area contributed by atoms with Crippen molar-refractivity contribution in [2.45, 2.75) is 6.92 Å². The number of rotatable bonds is 3. The summed E-state index contributed by atoms with van der Waals surface area (Å²) in [5.41, 5.74) is 2.60. The molecule has 0 spiro atoms. The van der Waals surface area contributed by atoms with Crippen LogP contribution in [-0.4, -0.2) is 32.0 Å². The molecule has 0 radical (unpaired) electrons. The first kappa shape index (κ1) is 13.4. The van der Waals surface area contributed by atoms with E-state index in [0.717, 1.165) is 11.3 Å². The number of aryl methyl sites for hydroxylation is 1. The molecule has 0 unspecified atom stereocenters. The van der Waals surface area contributed by atoms with Gasteiger partial charge in [-0.05, 0) is 25.1 Å². The standard InChI is InChI=1S/C16H13N5O2/c1-9-6-7-11(23-9)15-20-13(14-16(21-15)18-8-17-14)10-4-3-5-12(19-10)22-2/h3-8H,1-2H3,(H,17,18,20,21). The molecule has 0 fully saturated rings. The zero-order valence-electron chi connectivity index (χ0n) is 12.6. The van der Waals surface area contributed by atoms with Crippen LogP contribution in [0.4, 0.5) is 0 Å². The van der Waals surface area contributed by atoms with E-state index in [1.54, 1.807) is 19.5 Å². The van der Waals surface area contributed by atoms with Crippen molar-refractivity contribution in [3.8, 4) is 28.9 Å². The number of methoxy groups -OCH3 is 1. The lowest BCUT2D eigenvalue weighted by Gasteiger charge is -2.05. The summed E-state index contributed by atoms with van der Waals surface area (Å²) in [4.78, 5) is 20.8. The molecular formula is C16H13N5O2. The van der Waals surface area contributed by atoms with E-state index in [4.69, 9.17) is 9.15 Å². The molecule has 0 aliphatic heterocycles. The number of furan rings is 1. The molecule has 0 saturated heterocycles. The van der Waals surface area contributed by atoms with Crippen molar-refractivity contribution in [3.05, 3.63) is 42.4 Å². The molecule has 0 aromatic carbocycles. The number of imidazole rings is 1. The van der Waals surface area contributed by atoms with E-state index in [1.165, 1.54) is 0 Å². The van der Waals surface area contributed by atoms with Gasteiger partial charge in [0.05, 0.1) is 19.1 Å². The van der Waals surface area contributed by atoms with Crippen molar-refractivity contribution in [2.75, 3.05) is 7.11 Å². The van der Waals surface area contributed by atoms with Gasteiger partial charge in [0.2, 0.25) is 5.88 Å². The lowest BCUT2D eigenvalue weighted by Crippen LogP contribution is -1.96. The maximum absolute atomic E-state index is 5.62. The van der Waals surface area contributed by atoms with Crippen molar-refractivity contribution >= 4 is 11.2 Å². The van der Waals surface area contributed by atoms with Gasteiger partial charge >= 0.3 is 0 Å². The number of aromatic amines is 1. The largest absolute Gasteiger partial charge is 0.481 e. The number of H-pyrrole nitrogens is 1. The Morgan fingerprint density at radius 2 is 2.00 bits per heavy atom. The Balaban J connectivity index is 1.95. The van der Waals surface area contributed by atoms with Crippen LogP contribution >= 0.6 is 0 Å². The van der Waals surface area contributed by atoms with Crippen LogP contribution in [-0.2, 0) is 0 Å². The van der Waals surface area contributed by atoms with Crippen molar-refractivity contribution in [3.63, 3.8) is 0 Å². The van der Waals surface area contributed by atoms with Gasteiger partial charge in [-0.3, -0.25) is 0 Å². The number of fused-ring (bicyclic) bond motifs is 1. The molecule has 7 heteroatoms. The maximum Gasteiger partial charge on any atom is 0.213 e. The normalized spacial score (nSPS) is 11.0. The van der Waals surface area contributed by atoms with Crippen LogP contribution < -0.4 is 4.74 Å². The first-order valence-electron chi connectivity index (χ1n) is 7.04. The van der Waals surface area contributed by atoms with Crippen LogP contribution in [0.2, 0.25) is 0 Å². The first-order valence-corrected chi connectivity index (χ1v) is 7.04. The second kappa shape index (κ2) is 5.20. The fourth-order valence-corrected chi connectivity index (χ4v) is 2.34. The third kappa shape index (κ3) is 2.32. The molecule has 1 N–H and O–H groups in total. The molecule has 0 saturated carbocycles. The quantitative estimate of drug-likeness (QED) is 0.626. The van der Waals surface area contributed by atoms with Crippen molar-refractivity contribution in [1.82, 2.24) is 24.9 Å². The van der Waals surface area contributed by atoms with Gasteiger partial charge < -0.3 is 14.1 Å². The van der Waals surface area contributed by atoms with E-state index in [2.05, 4.69) is 24.9 Å². The third-order valence-corrected chi connectivity index (χ3v) is 3.42.